The van der Waals surface area contributed by atoms with E-state index in [2.05, 4.69) is 34.6 Å². The van der Waals surface area contributed by atoms with Crippen molar-refractivity contribution >= 4 is 27.5 Å². The second kappa shape index (κ2) is 7.19. The summed E-state index contributed by atoms with van der Waals surface area (Å²) >= 11 is 1.51. The highest BCUT2D eigenvalue weighted by molar-refractivity contribution is 7.20. The van der Waals surface area contributed by atoms with Gasteiger partial charge in [0, 0.05) is 31.6 Å². The van der Waals surface area contributed by atoms with Gasteiger partial charge in [-0.1, -0.05) is 30.3 Å². The molecule has 1 amide bonds. The highest BCUT2D eigenvalue weighted by Gasteiger charge is 2.20. The third-order valence-electron chi connectivity index (χ3n) is 4.77. The average Bonchev–Trinajstić information content (AvgIpc) is 3.20. The summed E-state index contributed by atoms with van der Waals surface area (Å²) in [6.45, 7) is 6.36. The van der Waals surface area contributed by atoms with Crippen LogP contribution >= 0.6 is 11.3 Å². The number of amides is 1. The first-order chi connectivity index (χ1) is 12.6. The molecular weight excluding hydrogens is 346 g/mol. The van der Waals surface area contributed by atoms with Crippen molar-refractivity contribution in [3.8, 4) is 0 Å². The third kappa shape index (κ3) is 3.51. The molecule has 0 spiro atoms. The normalized spacial score (nSPS) is 16.2. The topological polar surface area (TPSA) is 53.4 Å². The first-order valence-electron chi connectivity index (χ1n) is 8.85. The fraction of sp³-hybridized carbons (Fsp3) is 0.368. The van der Waals surface area contributed by atoms with Crippen molar-refractivity contribution < 1.29 is 4.79 Å². The first kappa shape index (κ1) is 17.2. The monoisotopic (exact) mass is 369 g/mol. The minimum atomic E-state index is -0.0265. The number of thiophene rings is 1. The van der Waals surface area contributed by atoms with Gasteiger partial charge in [0.15, 0.2) is 0 Å². The van der Waals surface area contributed by atoms with Crippen LogP contribution in [0.25, 0.3) is 10.2 Å². The Morgan fingerprint density at radius 1 is 1.19 bits per heavy atom. The summed E-state index contributed by atoms with van der Waals surface area (Å²) in [5, 5.41) is 7.72. The van der Waals surface area contributed by atoms with E-state index in [9.17, 15) is 4.79 Å². The van der Waals surface area contributed by atoms with E-state index in [-0.39, 0.29) is 5.91 Å². The van der Waals surface area contributed by atoms with Gasteiger partial charge in [-0.05, 0) is 25.6 Å². The zero-order valence-corrected chi connectivity index (χ0v) is 15.9. The number of hydrogen-bond donors (Lipinski definition) is 1. The maximum absolute atomic E-state index is 12.7. The van der Waals surface area contributed by atoms with Crippen molar-refractivity contribution in [1.82, 2.24) is 25.1 Å². The maximum Gasteiger partial charge on any atom is 0.275 e. The molecule has 1 saturated heterocycles. The van der Waals surface area contributed by atoms with Gasteiger partial charge in [-0.15, -0.1) is 11.3 Å². The average molecular weight is 369 g/mol. The fourth-order valence-electron chi connectivity index (χ4n) is 3.21. The molecule has 1 aliphatic heterocycles. The Morgan fingerprint density at radius 2 is 1.92 bits per heavy atom. The summed E-state index contributed by atoms with van der Waals surface area (Å²) in [7, 11) is 2.10. The van der Waals surface area contributed by atoms with Crippen LogP contribution < -0.4 is 5.43 Å². The van der Waals surface area contributed by atoms with Crippen LogP contribution in [0.2, 0.25) is 0 Å². The number of aryl methyl sites for hydroxylation is 1. The van der Waals surface area contributed by atoms with Crippen molar-refractivity contribution in [2.45, 2.75) is 13.5 Å². The van der Waals surface area contributed by atoms with E-state index in [0.717, 1.165) is 47.0 Å². The van der Waals surface area contributed by atoms with Gasteiger partial charge in [-0.25, -0.2) is 5.01 Å². The number of carbonyl (C=O) groups excluding carboxylic acids is 1. The zero-order valence-electron chi connectivity index (χ0n) is 15.1. The lowest BCUT2D eigenvalue weighted by molar-refractivity contribution is 0.0666. The molecule has 0 bridgehead atoms. The number of piperazine rings is 1. The van der Waals surface area contributed by atoms with Gasteiger partial charge in [-0.3, -0.25) is 14.9 Å². The molecule has 4 rings (SSSR count). The standard InChI is InChI=1S/C19H23N5OS/c1-14-16-12-17(18(25)21-23-10-8-22(2)9-11-23)26-19(16)24(20-14)13-15-6-4-3-5-7-15/h3-7,12H,8-11,13H2,1-2H3,(H,21,25). The summed E-state index contributed by atoms with van der Waals surface area (Å²) in [4.78, 5) is 16.7. The minimum Gasteiger partial charge on any atom is -0.304 e. The van der Waals surface area contributed by atoms with Crippen LogP contribution in [-0.4, -0.2) is 58.8 Å². The lowest BCUT2D eigenvalue weighted by atomic mass is 10.2. The summed E-state index contributed by atoms with van der Waals surface area (Å²) in [5.41, 5.74) is 5.21. The van der Waals surface area contributed by atoms with Crippen LogP contribution in [0.3, 0.4) is 0 Å². The number of benzene rings is 1. The largest absolute Gasteiger partial charge is 0.304 e. The van der Waals surface area contributed by atoms with Gasteiger partial charge in [-0.2, -0.15) is 5.10 Å². The Kier molecular flexibility index (Phi) is 4.76. The number of nitrogens with one attached hydrogen (secondary N) is 1. The van der Waals surface area contributed by atoms with E-state index in [1.165, 1.54) is 16.9 Å². The molecule has 7 heteroatoms. The Morgan fingerprint density at radius 3 is 2.65 bits per heavy atom. The van der Waals surface area contributed by atoms with Gasteiger partial charge in [0.1, 0.15) is 4.83 Å². The van der Waals surface area contributed by atoms with Gasteiger partial charge in [0.25, 0.3) is 5.91 Å². The Bertz CT molecular complexity index is 909. The van der Waals surface area contributed by atoms with Gasteiger partial charge in [0.05, 0.1) is 17.1 Å². The zero-order chi connectivity index (χ0) is 18.1. The number of likely N-dealkylation sites (N-methyl/N-ethyl adjacent to an activating group) is 1. The second-order valence-corrected chi connectivity index (χ2v) is 7.82. The van der Waals surface area contributed by atoms with Crippen molar-refractivity contribution in [3.63, 3.8) is 0 Å². The molecule has 1 aromatic carbocycles. The smallest absolute Gasteiger partial charge is 0.275 e. The number of hydrazine groups is 1. The van der Waals surface area contributed by atoms with Gasteiger partial charge < -0.3 is 4.90 Å². The van der Waals surface area contributed by atoms with Gasteiger partial charge in [0.2, 0.25) is 0 Å². The molecule has 0 radical (unpaired) electrons. The number of aromatic nitrogens is 2. The SMILES string of the molecule is Cc1nn(Cc2ccccc2)c2sc(C(=O)NN3CCN(C)CC3)cc12. The third-order valence-corrected chi connectivity index (χ3v) is 5.92. The highest BCUT2D eigenvalue weighted by atomic mass is 32.1. The summed E-state index contributed by atoms with van der Waals surface area (Å²) in [6.07, 6.45) is 0. The summed E-state index contributed by atoms with van der Waals surface area (Å²) in [5.74, 6) is -0.0265. The van der Waals surface area contributed by atoms with Crippen LogP contribution in [0, 0.1) is 6.92 Å². The van der Waals surface area contributed by atoms with Gasteiger partial charge >= 0.3 is 0 Å². The van der Waals surface area contributed by atoms with Crippen molar-refractivity contribution in [2.24, 2.45) is 0 Å². The Balaban J connectivity index is 1.53. The van der Waals surface area contributed by atoms with E-state index >= 15 is 0 Å². The lowest BCUT2D eigenvalue weighted by Gasteiger charge is -2.32. The predicted molar refractivity (Wildman–Crippen MR) is 104 cm³/mol. The van der Waals surface area contributed by atoms with Crippen LogP contribution in [0.4, 0.5) is 0 Å². The quantitative estimate of drug-likeness (QED) is 0.767. The van der Waals surface area contributed by atoms with Crippen molar-refractivity contribution in [2.75, 3.05) is 33.2 Å². The van der Waals surface area contributed by atoms with Crippen LogP contribution in [0.15, 0.2) is 36.4 Å². The summed E-state index contributed by atoms with van der Waals surface area (Å²) < 4.78 is 2.00. The predicted octanol–water partition coefficient (Wildman–Crippen LogP) is 2.35. The maximum atomic E-state index is 12.7. The molecule has 2 aromatic heterocycles. The number of rotatable bonds is 4. The molecule has 0 unspecified atom stereocenters. The number of hydrogen-bond acceptors (Lipinski definition) is 5. The Labute approximate surface area is 157 Å². The summed E-state index contributed by atoms with van der Waals surface area (Å²) in [6, 6.07) is 12.2. The molecule has 3 heterocycles. The molecule has 0 atom stereocenters. The van der Waals surface area contributed by atoms with E-state index < -0.39 is 0 Å². The Hall–Kier alpha value is -2.22. The molecule has 1 fully saturated rings. The minimum absolute atomic E-state index is 0.0265. The second-order valence-electron chi connectivity index (χ2n) is 6.79. The van der Waals surface area contributed by atoms with E-state index in [1.54, 1.807) is 0 Å². The number of carbonyl (C=O) groups is 1. The number of fused-ring (bicyclic) bond motifs is 1. The molecule has 136 valence electrons. The highest BCUT2D eigenvalue weighted by Crippen LogP contribution is 2.29. The van der Waals surface area contributed by atoms with Crippen LogP contribution in [-0.2, 0) is 6.54 Å². The lowest BCUT2D eigenvalue weighted by Crippen LogP contribution is -2.52. The van der Waals surface area contributed by atoms with E-state index in [0.29, 0.717) is 6.54 Å². The molecular formula is C19H23N5OS. The molecule has 6 nitrogen and oxygen atoms in total. The molecule has 26 heavy (non-hydrogen) atoms. The fourth-order valence-corrected chi connectivity index (χ4v) is 4.26. The van der Waals surface area contributed by atoms with E-state index in [1.807, 2.05) is 40.9 Å². The first-order valence-corrected chi connectivity index (χ1v) is 9.67. The molecule has 3 aromatic rings. The molecule has 1 N–H and O–H groups in total. The number of nitrogens with zero attached hydrogens (tertiary/aromatic N) is 4. The van der Waals surface area contributed by atoms with E-state index in [4.69, 9.17) is 0 Å². The molecule has 0 saturated carbocycles. The van der Waals surface area contributed by atoms with Crippen molar-refractivity contribution in [3.05, 3.63) is 52.5 Å². The van der Waals surface area contributed by atoms with Crippen LogP contribution in [0.5, 0.6) is 0 Å². The van der Waals surface area contributed by atoms with Crippen LogP contribution in [0.1, 0.15) is 20.9 Å². The molecule has 1 aliphatic rings. The molecule has 0 aliphatic carbocycles. The van der Waals surface area contributed by atoms with Crippen molar-refractivity contribution in [1.29, 1.82) is 0 Å².